The zero-order valence-electron chi connectivity index (χ0n) is 12.0. The minimum atomic E-state index is -0.408. The summed E-state index contributed by atoms with van der Waals surface area (Å²) in [5, 5.41) is 9.21. The third kappa shape index (κ3) is 4.23. The van der Waals surface area contributed by atoms with Crippen molar-refractivity contribution >= 4 is 17.3 Å². The summed E-state index contributed by atoms with van der Waals surface area (Å²) in [7, 11) is 0. The van der Waals surface area contributed by atoms with Crippen LogP contribution >= 0.6 is 11.6 Å². The van der Waals surface area contributed by atoms with Gasteiger partial charge in [0.25, 0.3) is 5.56 Å². The van der Waals surface area contributed by atoms with Crippen molar-refractivity contribution in [2.24, 2.45) is 0 Å². The van der Waals surface area contributed by atoms with Crippen LogP contribution in [-0.4, -0.2) is 22.8 Å². The Morgan fingerprint density at radius 2 is 2.29 bits per heavy atom. The van der Waals surface area contributed by atoms with Gasteiger partial charge in [-0.3, -0.25) is 4.79 Å². The first-order chi connectivity index (χ1) is 10.1. The molecule has 0 spiro atoms. The van der Waals surface area contributed by atoms with Crippen molar-refractivity contribution in [2.45, 2.75) is 26.4 Å². The molecule has 1 aromatic carbocycles. The number of halogens is 1. The molecule has 0 amide bonds. The van der Waals surface area contributed by atoms with E-state index >= 15 is 0 Å². The fourth-order valence-electron chi connectivity index (χ4n) is 1.88. The standard InChI is InChI=1S/C15H18ClN3O2/c1-3-11(21-12-6-4-5-10(2)7-12)8-17-13-9-18-19-15(20)14(13)16/h4-7,9,11H,3,8H2,1-2H3,(H2,17,19,20). The molecule has 0 bridgehead atoms. The Bertz CT molecular complexity index is 657. The summed E-state index contributed by atoms with van der Waals surface area (Å²) in [5.74, 6) is 0.832. The molecule has 2 rings (SSSR count). The largest absolute Gasteiger partial charge is 0.489 e. The van der Waals surface area contributed by atoms with E-state index < -0.39 is 5.56 Å². The number of nitrogens with one attached hydrogen (secondary N) is 2. The smallest absolute Gasteiger partial charge is 0.285 e. The van der Waals surface area contributed by atoms with Crippen LogP contribution in [0, 0.1) is 6.92 Å². The molecule has 0 aliphatic rings. The van der Waals surface area contributed by atoms with Gasteiger partial charge in [0.1, 0.15) is 16.9 Å². The number of H-pyrrole nitrogens is 1. The Morgan fingerprint density at radius 1 is 1.48 bits per heavy atom. The van der Waals surface area contributed by atoms with Gasteiger partial charge in [-0.2, -0.15) is 5.10 Å². The van der Waals surface area contributed by atoms with Gasteiger partial charge in [-0.05, 0) is 31.0 Å². The molecule has 21 heavy (non-hydrogen) atoms. The van der Waals surface area contributed by atoms with E-state index in [0.717, 1.165) is 17.7 Å². The second-order valence-corrected chi connectivity index (χ2v) is 5.15. The fourth-order valence-corrected chi connectivity index (χ4v) is 2.04. The molecule has 0 saturated heterocycles. The summed E-state index contributed by atoms with van der Waals surface area (Å²) in [6.07, 6.45) is 2.29. The highest BCUT2D eigenvalue weighted by Crippen LogP contribution is 2.17. The quantitative estimate of drug-likeness (QED) is 0.861. The number of hydrogen-bond acceptors (Lipinski definition) is 4. The highest BCUT2D eigenvalue weighted by molar-refractivity contribution is 6.32. The Hall–Kier alpha value is -2.01. The summed E-state index contributed by atoms with van der Waals surface area (Å²) in [6, 6.07) is 7.90. The first-order valence-electron chi connectivity index (χ1n) is 6.80. The predicted molar refractivity (Wildman–Crippen MR) is 84.2 cm³/mol. The Labute approximate surface area is 128 Å². The Balaban J connectivity index is 1.99. The molecular weight excluding hydrogens is 290 g/mol. The molecule has 6 heteroatoms. The molecule has 2 N–H and O–H groups in total. The third-order valence-electron chi connectivity index (χ3n) is 3.06. The maximum absolute atomic E-state index is 11.4. The summed E-state index contributed by atoms with van der Waals surface area (Å²) in [4.78, 5) is 11.4. The number of aromatic nitrogens is 2. The van der Waals surface area contributed by atoms with Crippen LogP contribution in [0.3, 0.4) is 0 Å². The number of ether oxygens (including phenoxy) is 1. The van der Waals surface area contributed by atoms with Crippen molar-refractivity contribution in [2.75, 3.05) is 11.9 Å². The number of aryl methyl sites for hydroxylation is 1. The van der Waals surface area contributed by atoms with Gasteiger partial charge < -0.3 is 10.1 Å². The van der Waals surface area contributed by atoms with Gasteiger partial charge in [-0.1, -0.05) is 30.7 Å². The minimum absolute atomic E-state index is 0.0258. The first kappa shape index (κ1) is 15.4. The van der Waals surface area contributed by atoms with Crippen LogP contribution in [0.5, 0.6) is 5.75 Å². The highest BCUT2D eigenvalue weighted by Gasteiger charge is 2.11. The van der Waals surface area contributed by atoms with Gasteiger partial charge in [-0.15, -0.1) is 0 Å². The highest BCUT2D eigenvalue weighted by atomic mass is 35.5. The van der Waals surface area contributed by atoms with E-state index in [1.54, 1.807) is 0 Å². The molecule has 112 valence electrons. The molecular formula is C15H18ClN3O2. The number of nitrogens with zero attached hydrogens (tertiary/aromatic N) is 1. The van der Waals surface area contributed by atoms with Crippen molar-refractivity contribution in [3.05, 3.63) is 51.4 Å². The van der Waals surface area contributed by atoms with Crippen LogP contribution in [0.2, 0.25) is 5.02 Å². The number of aromatic amines is 1. The second-order valence-electron chi connectivity index (χ2n) is 4.77. The summed E-state index contributed by atoms with van der Waals surface area (Å²) in [5.41, 5.74) is 1.25. The van der Waals surface area contributed by atoms with Crippen molar-refractivity contribution in [1.29, 1.82) is 0 Å². The lowest BCUT2D eigenvalue weighted by molar-refractivity contribution is 0.210. The summed E-state index contributed by atoms with van der Waals surface area (Å²) in [6.45, 7) is 4.60. The normalized spacial score (nSPS) is 12.0. The number of benzene rings is 1. The van der Waals surface area contributed by atoms with E-state index in [1.165, 1.54) is 6.20 Å². The fraction of sp³-hybridized carbons (Fsp3) is 0.333. The van der Waals surface area contributed by atoms with E-state index in [2.05, 4.69) is 15.5 Å². The van der Waals surface area contributed by atoms with Crippen LogP contribution < -0.4 is 15.6 Å². The average Bonchev–Trinajstić information content (AvgIpc) is 2.47. The van der Waals surface area contributed by atoms with Crippen molar-refractivity contribution < 1.29 is 4.74 Å². The molecule has 5 nitrogen and oxygen atoms in total. The van der Waals surface area contributed by atoms with Gasteiger partial charge in [0, 0.05) is 0 Å². The summed E-state index contributed by atoms with van der Waals surface area (Å²) >= 11 is 5.91. The molecule has 2 aromatic rings. The Kier molecular flexibility index (Phi) is 5.22. The summed E-state index contributed by atoms with van der Waals surface area (Å²) < 4.78 is 5.92. The van der Waals surface area contributed by atoms with E-state index in [9.17, 15) is 4.79 Å². The lowest BCUT2D eigenvalue weighted by Crippen LogP contribution is -2.26. The van der Waals surface area contributed by atoms with Gasteiger partial charge in [0.2, 0.25) is 0 Å². The van der Waals surface area contributed by atoms with Crippen molar-refractivity contribution in [3.63, 3.8) is 0 Å². The van der Waals surface area contributed by atoms with Crippen LogP contribution in [0.15, 0.2) is 35.3 Å². The van der Waals surface area contributed by atoms with E-state index in [-0.39, 0.29) is 11.1 Å². The van der Waals surface area contributed by atoms with Gasteiger partial charge in [0.15, 0.2) is 0 Å². The lowest BCUT2D eigenvalue weighted by Gasteiger charge is -2.19. The molecule has 0 fully saturated rings. The first-order valence-corrected chi connectivity index (χ1v) is 7.18. The van der Waals surface area contributed by atoms with Crippen molar-refractivity contribution in [1.82, 2.24) is 10.2 Å². The molecule has 1 unspecified atom stereocenters. The second kappa shape index (κ2) is 7.13. The SMILES string of the molecule is CCC(CNc1cn[nH]c(=O)c1Cl)Oc1cccc(C)c1. The lowest BCUT2D eigenvalue weighted by atomic mass is 10.2. The van der Waals surface area contributed by atoms with Gasteiger partial charge in [-0.25, -0.2) is 5.10 Å². The van der Waals surface area contributed by atoms with Crippen LogP contribution in [0.25, 0.3) is 0 Å². The van der Waals surface area contributed by atoms with Crippen molar-refractivity contribution in [3.8, 4) is 5.75 Å². The van der Waals surface area contributed by atoms with Crippen LogP contribution in [0.4, 0.5) is 5.69 Å². The maximum atomic E-state index is 11.4. The Morgan fingerprint density at radius 3 is 3.00 bits per heavy atom. The van der Waals surface area contributed by atoms with E-state index in [0.29, 0.717) is 12.2 Å². The van der Waals surface area contributed by atoms with E-state index in [1.807, 2.05) is 38.1 Å². The molecule has 1 atom stereocenters. The minimum Gasteiger partial charge on any atom is -0.489 e. The molecule has 0 saturated carbocycles. The predicted octanol–water partition coefficient (Wildman–Crippen LogP) is 3.00. The monoisotopic (exact) mass is 307 g/mol. The van der Waals surface area contributed by atoms with Gasteiger partial charge in [0.05, 0.1) is 18.4 Å². The zero-order valence-corrected chi connectivity index (χ0v) is 12.8. The molecule has 0 aliphatic carbocycles. The zero-order chi connectivity index (χ0) is 15.2. The molecule has 0 aliphatic heterocycles. The van der Waals surface area contributed by atoms with Crippen LogP contribution in [-0.2, 0) is 0 Å². The molecule has 1 aromatic heterocycles. The van der Waals surface area contributed by atoms with E-state index in [4.69, 9.17) is 16.3 Å². The van der Waals surface area contributed by atoms with Crippen LogP contribution in [0.1, 0.15) is 18.9 Å². The third-order valence-corrected chi connectivity index (χ3v) is 3.44. The molecule has 1 heterocycles. The number of hydrogen-bond donors (Lipinski definition) is 2. The molecule has 0 radical (unpaired) electrons. The average molecular weight is 308 g/mol. The number of anilines is 1. The maximum Gasteiger partial charge on any atom is 0.285 e. The topological polar surface area (TPSA) is 67.0 Å². The number of rotatable bonds is 6. The van der Waals surface area contributed by atoms with Gasteiger partial charge >= 0.3 is 0 Å².